The van der Waals surface area contributed by atoms with Gasteiger partial charge in [-0.05, 0) is 34.1 Å². The molecule has 7 heteroatoms. The van der Waals surface area contributed by atoms with Crippen LogP contribution in [0, 0.1) is 11.6 Å². The van der Waals surface area contributed by atoms with Gasteiger partial charge in [0.2, 0.25) is 0 Å². The maximum absolute atomic E-state index is 13.6. The highest BCUT2D eigenvalue weighted by molar-refractivity contribution is 9.10. The Kier molecular flexibility index (Phi) is 3.21. The van der Waals surface area contributed by atoms with Gasteiger partial charge < -0.3 is 5.73 Å². The molecule has 0 aliphatic heterocycles. The van der Waals surface area contributed by atoms with Crippen LogP contribution in [0.2, 0.25) is 0 Å². The van der Waals surface area contributed by atoms with Crippen molar-refractivity contribution in [1.82, 2.24) is 15.0 Å². The Balaban J connectivity index is 2.50. The zero-order valence-electron chi connectivity index (χ0n) is 8.86. The lowest BCUT2D eigenvalue weighted by Gasteiger charge is -2.13. The largest absolute Gasteiger partial charge is 0.319 e. The van der Waals surface area contributed by atoms with Gasteiger partial charge in [-0.25, -0.2) is 13.5 Å². The summed E-state index contributed by atoms with van der Waals surface area (Å²) in [6.07, 6.45) is 0. The third-order valence-electron chi connectivity index (χ3n) is 2.41. The number of nitrogens with two attached hydrogens (primary N) is 1. The topological polar surface area (TPSA) is 56.7 Å². The third-order valence-corrected chi connectivity index (χ3v) is 2.98. The molecule has 0 fully saturated rings. The highest BCUT2D eigenvalue weighted by atomic mass is 79.9. The van der Waals surface area contributed by atoms with E-state index in [-0.39, 0.29) is 5.56 Å². The van der Waals surface area contributed by atoms with Crippen LogP contribution in [0.4, 0.5) is 8.78 Å². The number of halogens is 3. The molecule has 17 heavy (non-hydrogen) atoms. The Hall–Kier alpha value is -1.34. The number of aryl methyl sites for hydroxylation is 1. The summed E-state index contributed by atoms with van der Waals surface area (Å²) in [7, 11) is 1.63. The fraction of sp³-hybridized carbons (Fsp3) is 0.200. The Morgan fingerprint density at radius 2 is 2.12 bits per heavy atom. The molecule has 2 rings (SSSR count). The van der Waals surface area contributed by atoms with Gasteiger partial charge in [0.15, 0.2) is 4.60 Å². The molecule has 1 aromatic heterocycles. The van der Waals surface area contributed by atoms with E-state index in [0.717, 1.165) is 18.2 Å². The van der Waals surface area contributed by atoms with Gasteiger partial charge in [0.25, 0.3) is 0 Å². The first-order valence-electron chi connectivity index (χ1n) is 4.76. The molecule has 0 aliphatic rings. The number of nitrogens with zero attached hydrogens (tertiary/aromatic N) is 3. The average Bonchev–Trinajstić information content (AvgIpc) is 2.61. The van der Waals surface area contributed by atoms with Crippen LogP contribution < -0.4 is 5.73 Å². The number of benzene rings is 1. The van der Waals surface area contributed by atoms with Crippen molar-refractivity contribution in [3.05, 3.63) is 45.7 Å². The zero-order chi connectivity index (χ0) is 12.6. The summed E-state index contributed by atoms with van der Waals surface area (Å²) in [6, 6.07) is 2.32. The SMILES string of the molecule is Cn1nnc(Br)c1C(N)c1cc(F)ccc1F. The lowest BCUT2D eigenvalue weighted by molar-refractivity contribution is 0.565. The lowest BCUT2D eigenvalue weighted by Crippen LogP contribution is -2.18. The maximum Gasteiger partial charge on any atom is 0.153 e. The van der Waals surface area contributed by atoms with E-state index in [4.69, 9.17) is 5.73 Å². The van der Waals surface area contributed by atoms with Gasteiger partial charge in [-0.1, -0.05) is 5.21 Å². The van der Waals surface area contributed by atoms with Crippen LogP contribution in [-0.4, -0.2) is 15.0 Å². The van der Waals surface area contributed by atoms with Crippen LogP contribution in [-0.2, 0) is 7.05 Å². The molecular formula is C10H9BrF2N4. The first kappa shape index (κ1) is 12.1. The Morgan fingerprint density at radius 3 is 2.71 bits per heavy atom. The number of aromatic nitrogens is 3. The van der Waals surface area contributed by atoms with Crippen LogP contribution in [0.5, 0.6) is 0 Å². The Morgan fingerprint density at radius 1 is 1.41 bits per heavy atom. The molecule has 2 N–H and O–H groups in total. The van der Waals surface area contributed by atoms with E-state index in [1.54, 1.807) is 7.05 Å². The molecule has 0 saturated heterocycles. The molecule has 0 bridgehead atoms. The van der Waals surface area contributed by atoms with Crippen LogP contribution in [0.1, 0.15) is 17.3 Å². The van der Waals surface area contributed by atoms with Crippen LogP contribution in [0.25, 0.3) is 0 Å². The molecule has 0 saturated carbocycles. The van der Waals surface area contributed by atoms with Crippen molar-refractivity contribution in [3.8, 4) is 0 Å². The van der Waals surface area contributed by atoms with E-state index in [9.17, 15) is 8.78 Å². The summed E-state index contributed by atoms with van der Waals surface area (Å²) in [5.74, 6) is -1.10. The minimum Gasteiger partial charge on any atom is -0.319 e. The second-order valence-electron chi connectivity index (χ2n) is 3.53. The molecular weight excluding hydrogens is 294 g/mol. The average molecular weight is 303 g/mol. The fourth-order valence-electron chi connectivity index (χ4n) is 1.57. The summed E-state index contributed by atoms with van der Waals surface area (Å²) < 4.78 is 28.5. The number of hydrogen-bond donors (Lipinski definition) is 1. The second kappa shape index (κ2) is 4.50. The van der Waals surface area contributed by atoms with Crippen LogP contribution >= 0.6 is 15.9 Å². The Labute approximate surface area is 105 Å². The van der Waals surface area contributed by atoms with E-state index in [2.05, 4.69) is 26.2 Å². The summed E-state index contributed by atoms with van der Waals surface area (Å²) in [5, 5.41) is 7.49. The van der Waals surface area contributed by atoms with Gasteiger partial charge >= 0.3 is 0 Å². The van der Waals surface area contributed by atoms with Crippen LogP contribution in [0.15, 0.2) is 22.8 Å². The van der Waals surface area contributed by atoms with Crippen LogP contribution in [0.3, 0.4) is 0 Å². The predicted octanol–water partition coefficient (Wildman–Crippen LogP) is 1.90. The van der Waals surface area contributed by atoms with Crippen molar-refractivity contribution in [2.45, 2.75) is 6.04 Å². The highest BCUT2D eigenvalue weighted by Crippen LogP contribution is 2.26. The summed E-state index contributed by atoms with van der Waals surface area (Å²) in [6.45, 7) is 0. The predicted molar refractivity (Wildman–Crippen MR) is 61.1 cm³/mol. The van der Waals surface area contributed by atoms with E-state index >= 15 is 0 Å². The van der Waals surface area contributed by atoms with E-state index in [0.29, 0.717) is 10.3 Å². The van der Waals surface area contributed by atoms with Crippen molar-refractivity contribution >= 4 is 15.9 Å². The van der Waals surface area contributed by atoms with Gasteiger partial charge in [-0.15, -0.1) is 5.10 Å². The van der Waals surface area contributed by atoms with E-state index < -0.39 is 17.7 Å². The highest BCUT2D eigenvalue weighted by Gasteiger charge is 2.21. The summed E-state index contributed by atoms with van der Waals surface area (Å²) in [5.41, 5.74) is 6.44. The molecule has 1 aromatic carbocycles. The monoisotopic (exact) mass is 302 g/mol. The molecule has 1 heterocycles. The number of hydrogen-bond acceptors (Lipinski definition) is 3. The molecule has 2 aromatic rings. The van der Waals surface area contributed by atoms with Gasteiger partial charge in [0, 0.05) is 12.6 Å². The van der Waals surface area contributed by atoms with Crippen molar-refractivity contribution in [1.29, 1.82) is 0 Å². The summed E-state index contributed by atoms with van der Waals surface area (Å²) >= 11 is 3.17. The molecule has 1 unspecified atom stereocenters. The molecule has 0 spiro atoms. The summed E-state index contributed by atoms with van der Waals surface area (Å²) in [4.78, 5) is 0. The number of rotatable bonds is 2. The third kappa shape index (κ3) is 2.20. The van der Waals surface area contributed by atoms with Crippen molar-refractivity contribution in [2.75, 3.05) is 0 Å². The lowest BCUT2D eigenvalue weighted by atomic mass is 10.0. The molecule has 0 radical (unpaired) electrons. The molecule has 1 atom stereocenters. The normalized spacial score (nSPS) is 12.8. The molecule has 4 nitrogen and oxygen atoms in total. The first-order valence-corrected chi connectivity index (χ1v) is 5.55. The minimum atomic E-state index is -0.833. The van der Waals surface area contributed by atoms with Gasteiger partial charge in [0.1, 0.15) is 11.6 Å². The standard InChI is InChI=1S/C10H9BrF2N4/c1-17-9(10(11)15-16-17)8(14)6-4-5(12)2-3-7(6)13/h2-4,8H,14H2,1H3. The first-order chi connectivity index (χ1) is 8.00. The molecule has 90 valence electrons. The van der Waals surface area contributed by atoms with Crippen molar-refractivity contribution < 1.29 is 8.78 Å². The van der Waals surface area contributed by atoms with Crippen molar-refractivity contribution in [2.24, 2.45) is 12.8 Å². The fourth-order valence-corrected chi connectivity index (χ4v) is 2.14. The van der Waals surface area contributed by atoms with Gasteiger partial charge in [0.05, 0.1) is 11.7 Å². The smallest absolute Gasteiger partial charge is 0.153 e. The van der Waals surface area contributed by atoms with E-state index in [1.165, 1.54) is 4.68 Å². The van der Waals surface area contributed by atoms with Crippen molar-refractivity contribution in [3.63, 3.8) is 0 Å². The minimum absolute atomic E-state index is 0.0658. The van der Waals surface area contributed by atoms with Gasteiger partial charge in [-0.3, -0.25) is 0 Å². The van der Waals surface area contributed by atoms with Gasteiger partial charge in [-0.2, -0.15) is 0 Å². The van der Waals surface area contributed by atoms with E-state index in [1.807, 2.05) is 0 Å². The Bertz CT molecular complexity index is 536. The quantitative estimate of drug-likeness (QED) is 0.922. The molecule has 0 aliphatic carbocycles. The maximum atomic E-state index is 13.6. The molecule has 0 amide bonds. The second-order valence-corrected chi connectivity index (χ2v) is 4.28. The zero-order valence-corrected chi connectivity index (χ0v) is 10.4.